The highest BCUT2D eigenvalue weighted by molar-refractivity contribution is 6.33. The Bertz CT molecular complexity index is 504. The summed E-state index contributed by atoms with van der Waals surface area (Å²) in [6, 6.07) is 0. The summed E-state index contributed by atoms with van der Waals surface area (Å²) < 4.78 is 0. The molecule has 0 spiro atoms. The highest BCUT2D eigenvalue weighted by atomic mass is 35.5. The molecule has 0 unspecified atom stereocenters. The second-order valence-corrected chi connectivity index (χ2v) is 6.30. The van der Waals surface area contributed by atoms with Crippen LogP contribution in [-0.4, -0.2) is 47.5 Å². The van der Waals surface area contributed by atoms with Crippen LogP contribution in [0, 0.1) is 5.92 Å². The second-order valence-electron chi connectivity index (χ2n) is 5.90. The average Bonchev–Trinajstić information content (AvgIpc) is 2.47. The first kappa shape index (κ1) is 16.2. The predicted molar refractivity (Wildman–Crippen MR) is 83.7 cm³/mol. The molecular formula is C15H23ClN4O. The molecule has 6 heteroatoms. The van der Waals surface area contributed by atoms with E-state index in [1.165, 1.54) is 6.20 Å². The van der Waals surface area contributed by atoms with Crippen molar-refractivity contribution in [2.24, 2.45) is 5.92 Å². The van der Waals surface area contributed by atoms with Crippen molar-refractivity contribution in [1.29, 1.82) is 0 Å². The van der Waals surface area contributed by atoms with Crippen LogP contribution in [0.4, 0.5) is 0 Å². The van der Waals surface area contributed by atoms with E-state index in [4.69, 9.17) is 11.6 Å². The zero-order chi connectivity index (χ0) is 15.4. The smallest absolute Gasteiger partial charge is 0.274 e. The van der Waals surface area contributed by atoms with Gasteiger partial charge in [-0.3, -0.25) is 4.79 Å². The molecule has 1 amide bonds. The van der Waals surface area contributed by atoms with Gasteiger partial charge in [-0.2, -0.15) is 0 Å². The van der Waals surface area contributed by atoms with Crippen LogP contribution in [0.2, 0.25) is 5.02 Å². The predicted octanol–water partition coefficient (Wildman–Crippen LogP) is 2.33. The van der Waals surface area contributed by atoms with E-state index in [2.05, 4.69) is 15.3 Å². The summed E-state index contributed by atoms with van der Waals surface area (Å²) in [6.07, 6.45) is 3.71. The minimum Gasteiger partial charge on any atom is -0.337 e. The van der Waals surface area contributed by atoms with Crippen LogP contribution in [0.3, 0.4) is 0 Å². The van der Waals surface area contributed by atoms with E-state index in [-0.39, 0.29) is 11.8 Å². The van der Waals surface area contributed by atoms with Gasteiger partial charge < -0.3 is 10.2 Å². The zero-order valence-electron chi connectivity index (χ0n) is 12.9. The molecule has 21 heavy (non-hydrogen) atoms. The molecule has 1 aromatic heterocycles. The SMILES string of the molecule is CNC[C@@H]1CCCN(C(=O)c2nc(C(C)C)ncc2Cl)C1. The minimum atomic E-state index is -0.0786. The molecule has 0 radical (unpaired) electrons. The number of hydrogen-bond donors (Lipinski definition) is 1. The van der Waals surface area contributed by atoms with Gasteiger partial charge in [0.05, 0.1) is 11.2 Å². The topological polar surface area (TPSA) is 58.1 Å². The molecule has 1 aromatic rings. The van der Waals surface area contributed by atoms with E-state index in [0.717, 1.165) is 32.5 Å². The van der Waals surface area contributed by atoms with Crippen LogP contribution in [0.15, 0.2) is 6.20 Å². The van der Waals surface area contributed by atoms with Crippen LogP contribution in [0.1, 0.15) is 48.9 Å². The first-order chi connectivity index (χ1) is 10.0. The van der Waals surface area contributed by atoms with Crippen molar-refractivity contribution >= 4 is 17.5 Å². The molecule has 0 bridgehead atoms. The molecule has 1 fully saturated rings. The highest BCUT2D eigenvalue weighted by Gasteiger charge is 2.26. The molecule has 5 nitrogen and oxygen atoms in total. The Morgan fingerprint density at radius 3 is 3.00 bits per heavy atom. The van der Waals surface area contributed by atoms with Gasteiger partial charge in [0, 0.05) is 19.0 Å². The zero-order valence-corrected chi connectivity index (χ0v) is 13.7. The van der Waals surface area contributed by atoms with Gasteiger partial charge in [0.25, 0.3) is 5.91 Å². The number of nitrogens with zero attached hydrogens (tertiary/aromatic N) is 3. The molecule has 0 saturated carbocycles. The van der Waals surface area contributed by atoms with Crippen molar-refractivity contribution < 1.29 is 4.79 Å². The maximum Gasteiger partial charge on any atom is 0.274 e. The molecule has 2 heterocycles. The number of carbonyl (C=O) groups excluding carboxylic acids is 1. The number of halogens is 1. The number of likely N-dealkylation sites (tertiary alicyclic amines) is 1. The average molecular weight is 311 g/mol. The van der Waals surface area contributed by atoms with Gasteiger partial charge in [-0.15, -0.1) is 0 Å². The molecule has 1 N–H and O–H groups in total. The van der Waals surface area contributed by atoms with Gasteiger partial charge in [-0.1, -0.05) is 25.4 Å². The van der Waals surface area contributed by atoms with Gasteiger partial charge in [0.2, 0.25) is 0 Å². The van der Waals surface area contributed by atoms with E-state index in [1.54, 1.807) is 0 Å². The summed E-state index contributed by atoms with van der Waals surface area (Å²) in [5.41, 5.74) is 0.334. The molecule has 1 atom stereocenters. The van der Waals surface area contributed by atoms with E-state index in [9.17, 15) is 4.79 Å². The van der Waals surface area contributed by atoms with Crippen molar-refractivity contribution in [2.75, 3.05) is 26.7 Å². The summed E-state index contributed by atoms with van der Waals surface area (Å²) in [4.78, 5) is 23.1. The lowest BCUT2D eigenvalue weighted by molar-refractivity contribution is 0.0668. The third-order valence-electron chi connectivity index (χ3n) is 3.78. The number of piperidine rings is 1. The Morgan fingerprint density at radius 1 is 1.57 bits per heavy atom. The highest BCUT2D eigenvalue weighted by Crippen LogP contribution is 2.22. The molecular weight excluding hydrogens is 288 g/mol. The second kappa shape index (κ2) is 7.18. The van der Waals surface area contributed by atoms with Crippen molar-refractivity contribution in [3.8, 4) is 0 Å². The number of amides is 1. The quantitative estimate of drug-likeness (QED) is 0.927. The van der Waals surface area contributed by atoms with E-state index < -0.39 is 0 Å². The van der Waals surface area contributed by atoms with Crippen molar-refractivity contribution in [2.45, 2.75) is 32.6 Å². The molecule has 116 valence electrons. The third kappa shape index (κ3) is 3.92. The summed E-state index contributed by atoms with van der Waals surface area (Å²) in [7, 11) is 1.94. The standard InChI is InChI=1S/C15H23ClN4O/c1-10(2)14-18-8-12(16)13(19-14)15(21)20-6-4-5-11(9-20)7-17-3/h8,10-11,17H,4-7,9H2,1-3H3/t11-/m0/s1. The van der Waals surface area contributed by atoms with Crippen LogP contribution in [-0.2, 0) is 0 Å². The molecule has 2 rings (SSSR count). The van der Waals surface area contributed by atoms with Gasteiger partial charge in [0.1, 0.15) is 5.82 Å². The van der Waals surface area contributed by atoms with Gasteiger partial charge >= 0.3 is 0 Å². The lowest BCUT2D eigenvalue weighted by atomic mass is 9.98. The lowest BCUT2D eigenvalue weighted by Crippen LogP contribution is -2.43. The maximum absolute atomic E-state index is 12.7. The van der Waals surface area contributed by atoms with E-state index in [1.807, 2.05) is 25.8 Å². The number of hydrogen-bond acceptors (Lipinski definition) is 4. The Balaban J connectivity index is 2.17. The number of aromatic nitrogens is 2. The normalized spacial score (nSPS) is 19.1. The minimum absolute atomic E-state index is 0.0786. The Hall–Kier alpha value is -1.20. The fraction of sp³-hybridized carbons (Fsp3) is 0.667. The lowest BCUT2D eigenvalue weighted by Gasteiger charge is -2.32. The Labute approximate surface area is 131 Å². The van der Waals surface area contributed by atoms with Gasteiger partial charge in [-0.05, 0) is 32.4 Å². The van der Waals surface area contributed by atoms with E-state index >= 15 is 0 Å². The van der Waals surface area contributed by atoms with Crippen LogP contribution >= 0.6 is 11.6 Å². The number of nitrogens with one attached hydrogen (secondary N) is 1. The van der Waals surface area contributed by atoms with Gasteiger partial charge in [0.15, 0.2) is 5.69 Å². The summed E-state index contributed by atoms with van der Waals surface area (Å²) in [5, 5.41) is 3.52. The summed E-state index contributed by atoms with van der Waals surface area (Å²) in [5.74, 6) is 1.25. The largest absolute Gasteiger partial charge is 0.337 e. The molecule has 0 aromatic carbocycles. The molecule has 1 saturated heterocycles. The van der Waals surface area contributed by atoms with Crippen LogP contribution < -0.4 is 5.32 Å². The first-order valence-corrected chi connectivity index (χ1v) is 7.87. The first-order valence-electron chi connectivity index (χ1n) is 7.49. The summed E-state index contributed by atoms with van der Waals surface area (Å²) >= 11 is 6.13. The van der Waals surface area contributed by atoms with Crippen molar-refractivity contribution in [3.05, 3.63) is 22.7 Å². The van der Waals surface area contributed by atoms with Gasteiger partial charge in [-0.25, -0.2) is 9.97 Å². The maximum atomic E-state index is 12.7. The molecule has 1 aliphatic heterocycles. The number of rotatable bonds is 4. The summed E-state index contributed by atoms with van der Waals surface area (Å²) in [6.45, 7) is 6.47. The number of carbonyl (C=O) groups is 1. The fourth-order valence-corrected chi connectivity index (χ4v) is 2.84. The van der Waals surface area contributed by atoms with Crippen LogP contribution in [0.25, 0.3) is 0 Å². The molecule has 1 aliphatic rings. The Kier molecular flexibility index (Phi) is 5.53. The third-order valence-corrected chi connectivity index (χ3v) is 4.06. The monoisotopic (exact) mass is 310 g/mol. The fourth-order valence-electron chi connectivity index (χ4n) is 2.66. The van der Waals surface area contributed by atoms with Crippen LogP contribution in [0.5, 0.6) is 0 Å². The van der Waals surface area contributed by atoms with Crippen molar-refractivity contribution in [3.63, 3.8) is 0 Å². The Morgan fingerprint density at radius 2 is 2.33 bits per heavy atom. The van der Waals surface area contributed by atoms with Crippen molar-refractivity contribution in [1.82, 2.24) is 20.2 Å². The van der Waals surface area contributed by atoms with E-state index in [0.29, 0.717) is 22.5 Å². The molecule has 0 aliphatic carbocycles.